The Labute approximate surface area is 147 Å². The Hall–Kier alpha value is -2.69. The first-order valence-corrected chi connectivity index (χ1v) is 8.76. The van der Waals surface area contributed by atoms with Gasteiger partial charge in [0.25, 0.3) is 0 Å². The van der Waals surface area contributed by atoms with Crippen LogP contribution < -0.4 is 10.2 Å². The zero-order chi connectivity index (χ0) is 17.4. The van der Waals surface area contributed by atoms with E-state index in [4.69, 9.17) is 0 Å². The van der Waals surface area contributed by atoms with Crippen molar-refractivity contribution in [1.29, 1.82) is 0 Å². The van der Waals surface area contributed by atoms with Crippen molar-refractivity contribution in [3.8, 4) is 0 Å². The van der Waals surface area contributed by atoms with Crippen LogP contribution in [0.4, 0.5) is 11.5 Å². The zero-order valence-electron chi connectivity index (χ0n) is 14.3. The number of benzene rings is 1. The Morgan fingerprint density at radius 3 is 2.84 bits per heavy atom. The monoisotopic (exact) mass is 335 g/mol. The summed E-state index contributed by atoms with van der Waals surface area (Å²) in [6.07, 6.45) is 5.34. The van der Waals surface area contributed by atoms with Gasteiger partial charge in [-0.3, -0.25) is 9.59 Å². The van der Waals surface area contributed by atoms with Gasteiger partial charge in [0.2, 0.25) is 11.8 Å². The van der Waals surface area contributed by atoms with Crippen molar-refractivity contribution in [2.75, 3.05) is 16.8 Å². The average Bonchev–Trinajstić information content (AvgIpc) is 3.22. The fourth-order valence-corrected chi connectivity index (χ4v) is 3.63. The molecule has 1 N–H and O–H groups in total. The topological polar surface area (TPSA) is 62.3 Å². The van der Waals surface area contributed by atoms with E-state index in [9.17, 15) is 9.59 Å². The largest absolute Gasteiger partial charge is 0.312 e. The number of hydrogen-bond donors (Lipinski definition) is 1. The molecule has 1 fully saturated rings. The Kier molecular flexibility index (Phi) is 3.99. The smallest absolute Gasteiger partial charge is 0.230 e. The number of pyridine rings is 1. The van der Waals surface area contributed by atoms with Gasteiger partial charge in [0, 0.05) is 24.8 Å². The number of hydrogen-bond acceptors (Lipinski definition) is 3. The summed E-state index contributed by atoms with van der Waals surface area (Å²) in [5, 5.41) is 2.82. The highest BCUT2D eigenvalue weighted by Gasteiger charge is 2.35. The number of amides is 2. The summed E-state index contributed by atoms with van der Waals surface area (Å²) in [4.78, 5) is 30.8. The SMILES string of the molecule is Cc1ccc(NC(=O)[C@H]2CC(=O)N(c3ccc4c(c3)CCC4)C2)nc1. The summed E-state index contributed by atoms with van der Waals surface area (Å²) in [5.74, 6) is 0.0474. The molecule has 0 spiro atoms. The minimum atomic E-state index is -0.344. The third-order valence-electron chi connectivity index (χ3n) is 5.05. The van der Waals surface area contributed by atoms with Crippen LogP contribution in [-0.2, 0) is 22.4 Å². The molecule has 2 aromatic rings. The Morgan fingerprint density at radius 2 is 2.04 bits per heavy atom. The Morgan fingerprint density at radius 1 is 1.20 bits per heavy atom. The minimum absolute atomic E-state index is 0.00922. The van der Waals surface area contributed by atoms with Gasteiger partial charge in [0.05, 0.1) is 5.92 Å². The Balaban J connectivity index is 1.46. The maximum atomic E-state index is 12.5. The molecule has 2 heterocycles. The highest BCUT2D eigenvalue weighted by atomic mass is 16.2. The molecule has 1 aliphatic heterocycles. The van der Waals surface area contributed by atoms with E-state index in [2.05, 4.69) is 22.4 Å². The lowest BCUT2D eigenvalue weighted by Gasteiger charge is -2.18. The summed E-state index contributed by atoms with van der Waals surface area (Å²) in [6.45, 7) is 2.37. The van der Waals surface area contributed by atoms with Crippen molar-refractivity contribution < 1.29 is 9.59 Å². The van der Waals surface area contributed by atoms with Gasteiger partial charge in [-0.15, -0.1) is 0 Å². The molecule has 1 saturated heterocycles. The van der Waals surface area contributed by atoms with Crippen molar-refractivity contribution >= 4 is 23.3 Å². The summed E-state index contributed by atoms with van der Waals surface area (Å²) in [6, 6.07) is 9.92. The molecule has 5 nitrogen and oxygen atoms in total. The molecule has 1 aromatic heterocycles. The molecular formula is C20H21N3O2. The summed E-state index contributed by atoms with van der Waals surface area (Å²) in [5.41, 5.74) is 4.67. The number of nitrogens with one attached hydrogen (secondary N) is 1. The molecule has 1 aromatic carbocycles. The van der Waals surface area contributed by atoms with Crippen LogP contribution in [0.15, 0.2) is 36.5 Å². The highest BCUT2D eigenvalue weighted by molar-refractivity contribution is 6.03. The van der Waals surface area contributed by atoms with E-state index in [1.807, 2.05) is 19.1 Å². The minimum Gasteiger partial charge on any atom is -0.312 e. The molecule has 4 rings (SSSR count). The Bertz CT molecular complexity index is 829. The van der Waals surface area contributed by atoms with Gasteiger partial charge in [-0.05, 0) is 61.1 Å². The molecule has 0 radical (unpaired) electrons. The molecular weight excluding hydrogens is 314 g/mol. The third kappa shape index (κ3) is 3.14. The van der Waals surface area contributed by atoms with Gasteiger partial charge < -0.3 is 10.2 Å². The number of carbonyl (C=O) groups is 2. The summed E-state index contributed by atoms with van der Waals surface area (Å²) < 4.78 is 0. The van der Waals surface area contributed by atoms with Crippen molar-refractivity contribution in [3.05, 3.63) is 53.2 Å². The maximum absolute atomic E-state index is 12.5. The molecule has 0 bridgehead atoms. The van der Waals surface area contributed by atoms with Crippen LogP contribution in [0, 0.1) is 12.8 Å². The van der Waals surface area contributed by atoms with Crippen LogP contribution in [0.25, 0.3) is 0 Å². The van der Waals surface area contributed by atoms with Gasteiger partial charge in [0.15, 0.2) is 0 Å². The van der Waals surface area contributed by atoms with Crippen molar-refractivity contribution in [2.24, 2.45) is 5.92 Å². The second-order valence-corrected chi connectivity index (χ2v) is 6.92. The number of fused-ring (bicyclic) bond motifs is 1. The van der Waals surface area contributed by atoms with Crippen LogP contribution in [-0.4, -0.2) is 23.3 Å². The molecule has 2 amide bonds. The number of rotatable bonds is 3. The molecule has 25 heavy (non-hydrogen) atoms. The highest BCUT2D eigenvalue weighted by Crippen LogP contribution is 2.30. The molecule has 1 atom stereocenters. The first-order valence-electron chi connectivity index (χ1n) is 8.76. The van der Waals surface area contributed by atoms with Crippen LogP contribution >= 0.6 is 0 Å². The first-order chi connectivity index (χ1) is 12.1. The van der Waals surface area contributed by atoms with E-state index in [1.165, 1.54) is 17.5 Å². The molecule has 0 saturated carbocycles. The normalized spacial score (nSPS) is 19.2. The van der Waals surface area contributed by atoms with Crippen molar-refractivity contribution in [1.82, 2.24) is 4.98 Å². The zero-order valence-corrected chi connectivity index (χ0v) is 14.3. The average molecular weight is 335 g/mol. The van der Waals surface area contributed by atoms with Gasteiger partial charge >= 0.3 is 0 Å². The molecule has 5 heteroatoms. The lowest BCUT2D eigenvalue weighted by atomic mass is 10.1. The van der Waals surface area contributed by atoms with E-state index in [-0.39, 0.29) is 24.2 Å². The standard InChI is InChI=1S/C20H21N3O2/c1-13-5-8-18(21-11-13)22-20(25)16-10-19(24)23(12-16)17-7-6-14-3-2-4-15(14)9-17/h5-9,11,16H,2-4,10,12H2,1H3,(H,21,22,25)/t16-/m0/s1. The van der Waals surface area contributed by atoms with E-state index >= 15 is 0 Å². The van der Waals surface area contributed by atoms with Crippen LogP contribution in [0.5, 0.6) is 0 Å². The van der Waals surface area contributed by atoms with Crippen molar-refractivity contribution in [2.45, 2.75) is 32.6 Å². The van der Waals surface area contributed by atoms with Gasteiger partial charge in [-0.2, -0.15) is 0 Å². The van der Waals surface area contributed by atoms with Crippen LogP contribution in [0.1, 0.15) is 29.5 Å². The van der Waals surface area contributed by atoms with E-state index in [0.29, 0.717) is 12.4 Å². The lowest BCUT2D eigenvalue weighted by molar-refractivity contribution is -0.122. The van der Waals surface area contributed by atoms with E-state index in [1.54, 1.807) is 17.2 Å². The predicted molar refractivity (Wildman–Crippen MR) is 96.5 cm³/mol. The fraction of sp³-hybridized carbons (Fsp3) is 0.350. The van der Waals surface area contributed by atoms with E-state index < -0.39 is 0 Å². The number of aromatic nitrogens is 1. The predicted octanol–water partition coefficient (Wildman–Crippen LogP) is 2.87. The quantitative estimate of drug-likeness (QED) is 0.938. The van der Waals surface area contributed by atoms with Gasteiger partial charge in [-0.25, -0.2) is 4.98 Å². The number of nitrogens with zero attached hydrogens (tertiary/aromatic N) is 2. The second-order valence-electron chi connectivity index (χ2n) is 6.92. The van der Waals surface area contributed by atoms with Gasteiger partial charge in [0.1, 0.15) is 5.82 Å². The van der Waals surface area contributed by atoms with Crippen molar-refractivity contribution in [3.63, 3.8) is 0 Å². The van der Waals surface area contributed by atoms with E-state index in [0.717, 1.165) is 24.1 Å². The molecule has 0 unspecified atom stereocenters. The molecule has 128 valence electrons. The van der Waals surface area contributed by atoms with Crippen LogP contribution in [0.3, 0.4) is 0 Å². The summed E-state index contributed by atoms with van der Waals surface area (Å²) >= 11 is 0. The summed E-state index contributed by atoms with van der Waals surface area (Å²) in [7, 11) is 0. The first kappa shape index (κ1) is 15.8. The fourth-order valence-electron chi connectivity index (χ4n) is 3.63. The lowest BCUT2D eigenvalue weighted by Crippen LogP contribution is -2.28. The second kappa shape index (κ2) is 6.31. The third-order valence-corrected chi connectivity index (χ3v) is 5.05. The number of carbonyl (C=O) groups excluding carboxylic acids is 2. The van der Waals surface area contributed by atoms with Gasteiger partial charge in [-0.1, -0.05) is 12.1 Å². The number of anilines is 2. The number of aryl methyl sites for hydroxylation is 3. The molecule has 1 aliphatic carbocycles. The maximum Gasteiger partial charge on any atom is 0.230 e. The van der Waals surface area contributed by atoms with Crippen LogP contribution in [0.2, 0.25) is 0 Å². The molecule has 2 aliphatic rings.